The van der Waals surface area contributed by atoms with Gasteiger partial charge in [-0.05, 0) is 56.7 Å². The van der Waals surface area contributed by atoms with E-state index in [1.165, 1.54) is 6.07 Å². The van der Waals surface area contributed by atoms with Crippen LogP contribution in [0, 0.1) is 5.41 Å². The van der Waals surface area contributed by atoms with Crippen LogP contribution in [-0.2, 0) is 9.53 Å². The van der Waals surface area contributed by atoms with E-state index in [2.05, 4.69) is 6.92 Å². The average molecular weight is 308 g/mol. The molecule has 1 aromatic rings. The zero-order chi connectivity index (χ0) is 16.8. The van der Waals surface area contributed by atoms with E-state index in [9.17, 15) is 15.0 Å². The van der Waals surface area contributed by atoms with E-state index in [4.69, 9.17) is 4.74 Å². The molecule has 124 valence electrons. The van der Waals surface area contributed by atoms with Crippen LogP contribution in [0.15, 0.2) is 18.2 Å². The van der Waals surface area contributed by atoms with E-state index < -0.39 is 5.41 Å². The third kappa shape index (κ3) is 4.93. The smallest absolute Gasteiger partial charge is 0.311 e. The number of benzene rings is 1. The van der Waals surface area contributed by atoms with Gasteiger partial charge in [-0.25, -0.2) is 0 Å². The van der Waals surface area contributed by atoms with Crippen molar-refractivity contribution in [3.8, 4) is 11.5 Å². The Morgan fingerprint density at radius 1 is 1.23 bits per heavy atom. The summed E-state index contributed by atoms with van der Waals surface area (Å²) in [5.74, 6) is -0.307. The first-order valence-corrected chi connectivity index (χ1v) is 8.01. The van der Waals surface area contributed by atoms with Crippen LogP contribution in [0.5, 0.6) is 11.5 Å². The largest absolute Gasteiger partial charge is 0.504 e. The molecule has 0 bridgehead atoms. The van der Waals surface area contributed by atoms with Crippen LogP contribution in [0.25, 0.3) is 0 Å². The molecule has 0 saturated carbocycles. The van der Waals surface area contributed by atoms with Gasteiger partial charge in [-0.15, -0.1) is 0 Å². The highest BCUT2D eigenvalue weighted by Crippen LogP contribution is 2.37. The Morgan fingerprint density at radius 3 is 2.45 bits per heavy atom. The number of carbonyl (C=O) groups excluding carboxylic acids is 1. The Balaban J connectivity index is 2.78. The van der Waals surface area contributed by atoms with Crippen molar-refractivity contribution in [3.63, 3.8) is 0 Å². The zero-order valence-electron chi connectivity index (χ0n) is 14.1. The van der Waals surface area contributed by atoms with Crippen molar-refractivity contribution in [1.82, 2.24) is 0 Å². The minimum Gasteiger partial charge on any atom is -0.504 e. The molecular weight excluding hydrogens is 280 g/mol. The quantitative estimate of drug-likeness (QED) is 0.425. The number of ether oxygens (including phenoxy) is 1. The summed E-state index contributed by atoms with van der Waals surface area (Å²) in [7, 11) is 0. The molecule has 0 aliphatic rings. The van der Waals surface area contributed by atoms with Gasteiger partial charge in [0.1, 0.15) is 0 Å². The van der Waals surface area contributed by atoms with E-state index in [0.29, 0.717) is 13.0 Å². The van der Waals surface area contributed by atoms with Crippen LogP contribution in [0.4, 0.5) is 0 Å². The average Bonchev–Trinajstić information content (AvgIpc) is 2.48. The summed E-state index contributed by atoms with van der Waals surface area (Å²) in [6.45, 7) is 8.36. The molecule has 1 atom stereocenters. The Hall–Kier alpha value is -1.71. The second-order valence-corrected chi connectivity index (χ2v) is 6.43. The number of hydrogen-bond acceptors (Lipinski definition) is 4. The maximum Gasteiger partial charge on any atom is 0.311 e. The highest BCUT2D eigenvalue weighted by molar-refractivity contribution is 5.76. The molecule has 22 heavy (non-hydrogen) atoms. The highest BCUT2D eigenvalue weighted by atomic mass is 16.5. The predicted molar refractivity (Wildman–Crippen MR) is 87.1 cm³/mol. The third-order valence-corrected chi connectivity index (χ3v) is 4.00. The summed E-state index contributed by atoms with van der Waals surface area (Å²) in [6, 6.07) is 4.85. The normalized spacial score (nSPS) is 12.9. The summed E-state index contributed by atoms with van der Waals surface area (Å²) < 4.78 is 5.34. The van der Waals surface area contributed by atoms with E-state index >= 15 is 0 Å². The van der Waals surface area contributed by atoms with Gasteiger partial charge >= 0.3 is 5.97 Å². The number of unbranched alkanes of at least 4 members (excludes halogenated alkanes) is 1. The number of rotatable bonds is 8. The first-order chi connectivity index (χ1) is 10.3. The molecule has 0 aliphatic carbocycles. The van der Waals surface area contributed by atoms with E-state index in [1.807, 2.05) is 20.8 Å². The molecule has 4 heteroatoms. The molecule has 0 fully saturated rings. The van der Waals surface area contributed by atoms with Gasteiger partial charge in [0.05, 0.1) is 12.0 Å². The lowest BCUT2D eigenvalue weighted by molar-refractivity contribution is -0.154. The van der Waals surface area contributed by atoms with Gasteiger partial charge in [-0.3, -0.25) is 4.79 Å². The van der Waals surface area contributed by atoms with Gasteiger partial charge in [0.2, 0.25) is 0 Å². The third-order valence-electron chi connectivity index (χ3n) is 4.00. The van der Waals surface area contributed by atoms with Gasteiger partial charge in [0.25, 0.3) is 0 Å². The standard InChI is InChI=1S/C18H28O4/c1-5-7-10-22-17(21)18(3,4)12-13(6-2)14-8-9-15(19)16(20)11-14/h8-9,11,13,19-20H,5-7,10,12H2,1-4H3. The highest BCUT2D eigenvalue weighted by Gasteiger charge is 2.32. The molecule has 0 aromatic heterocycles. The Bertz CT molecular complexity index is 494. The van der Waals surface area contributed by atoms with Gasteiger partial charge in [0.15, 0.2) is 11.5 Å². The van der Waals surface area contributed by atoms with Crippen molar-refractivity contribution >= 4 is 5.97 Å². The Labute approximate surface area is 133 Å². The number of carbonyl (C=O) groups is 1. The second-order valence-electron chi connectivity index (χ2n) is 6.43. The van der Waals surface area contributed by atoms with Gasteiger partial charge in [-0.1, -0.05) is 26.3 Å². The number of phenolic OH excluding ortho intramolecular Hbond substituents is 2. The van der Waals surface area contributed by atoms with Crippen molar-refractivity contribution in [2.24, 2.45) is 5.41 Å². The van der Waals surface area contributed by atoms with Crippen molar-refractivity contribution in [1.29, 1.82) is 0 Å². The molecule has 0 amide bonds. The van der Waals surface area contributed by atoms with Crippen molar-refractivity contribution in [2.75, 3.05) is 6.61 Å². The molecular formula is C18H28O4. The predicted octanol–water partition coefficient (Wildman–Crippen LogP) is 4.35. The fraction of sp³-hybridized carbons (Fsp3) is 0.611. The lowest BCUT2D eigenvalue weighted by atomic mass is 9.78. The summed E-state index contributed by atoms with van der Waals surface area (Å²) in [6.07, 6.45) is 3.36. The van der Waals surface area contributed by atoms with Crippen LogP contribution in [0.1, 0.15) is 64.9 Å². The molecule has 2 N–H and O–H groups in total. The minimum absolute atomic E-state index is 0.125. The topological polar surface area (TPSA) is 66.8 Å². The summed E-state index contributed by atoms with van der Waals surface area (Å²) in [5, 5.41) is 19.1. The summed E-state index contributed by atoms with van der Waals surface area (Å²) in [4.78, 5) is 12.2. The number of esters is 1. The second kappa shape index (κ2) is 8.06. The number of hydrogen-bond donors (Lipinski definition) is 2. The van der Waals surface area contributed by atoms with E-state index in [1.54, 1.807) is 12.1 Å². The van der Waals surface area contributed by atoms with E-state index in [-0.39, 0.29) is 23.4 Å². The van der Waals surface area contributed by atoms with E-state index in [0.717, 1.165) is 24.8 Å². The van der Waals surface area contributed by atoms with Crippen molar-refractivity contribution in [3.05, 3.63) is 23.8 Å². The molecule has 0 saturated heterocycles. The molecule has 0 aliphatic heterocycles. The van der Waals surface area contributed by atoms with Crippen molar-refractivity contribution in [2.45, 2.75) is 59.3 Å². The first kappa shape index (κ1) is 18.3. The van der Waals surface area contributed by atoms with Gasteiger partial charge < -0.3 is 14.9 Å². The molecule has 0 spiro atoms. The Kier molecular flexibility index (Phi) is 6.72. The van der Waals surface area contributed by atoms with Crippen molar-refractivity contribution < 1.29 is 19.7 Å². The Morgan fingerprint density at radius 2 is 1.91 bits per heavy atom. The van der Waals surface area contributed by atoms with Crippen LogP contribution in [-0.4, -0.2) is 22.8 Å². The van der Waals surface area contributed by atoms with Gasteiger partial charge in [0, 0.05) is 0 Å². The molecule has 4 nitrogen and oxygen atoms in total. The van der Waals surface area contributed by atoms with Crippen LogP contribution < -0.4 is 0 Å². The lowest BCUT2D eigenvalue weighted by Crippen LogP contribution is -2.29. The fourth-order valence-electron chi connectivity index (χ4n) is 2.50. The first-order valence-electron chi connectivity index (χ1n) is 8.01. The monoisotopic (exact) mass is 308 g/mol. The van der Waals surface area contributed by atoms with Crippen LogP contribution >= 0.6 is 0 Å². The summed E-state index contributed by atoms with van der Waals surface area (Å²) >= 11 is 0. The lowest BCUT2D eigenvalue weighted by Gasteiger charge is -2.28. The zero-order valence-corrected chi connectivity index (χ0v) is 14.1. The maximum absolute atomic E-state index is 12.2. The fourth-order valence-corrected chi connectivity index (χ4v) is 2.50. The van der Waals surface area contributed by atoms with Crippen LogP contribution in [0.2, 0.25) is 0 Å². The number of phenols is 2. The SMILES string of the molecule is CCCCOC(=O)C(C)(C)CC(CC)c1ccc(O)c(O)c1. The van der Waals surface area contributed by atoms with Gasteiger partial charge in [-0.2, -0.15) is 0 Å². The molecule has 1 unspecified atom stereocenters. The maximum atomic E-state index is 12.2. The molecule has 1 aromatic carbocycles. The molecule has 0 radical (unpaired) electrons. The number of aromatic hydroxyl groups is 2. The molecule has 0 heterocycles. The summed E-state index contributed by atoms with van der Waals surface area (Å²) in [5.41, 5.74) is 0.342. The minimum atomic E-state index is -0.581. The molecule has 1 rings (SSSR count). The van der Waals surface area contributed by atoms with Crippen LogP contribution in [0.3, 0.4) is 0 Å².